The lowest BCUT2D eigenvalue weighted by molar-refractivity contribution is -0.150. The lowest BCUT2D eigenvalue weighted by atomic mass is 9.68. The second kappa shape index (κ2) is 18.7. The van der Waals surface area contributed by atoms with Crippen molar-refractivity contribution in [3.63, 3.8) is 0 Å². The van der Waals surface area contributed by atoms with Gasteiger partial charge in [0.25, 0.3) is 0 Å². The van der Waals surface area contributed by atoms with Crippen molar-refractivity contribution in [2.24, 2.45) is 35.3 Å². The number of nitrogens with zero attached hydrogens (tertiary/aromatic N) is 2. The summed E-state index contributed by atoms with van der Waals surface area (Å²) in [6.45, 7) is 13.6. The van der Waals surface area contributed by atoms with Crippen molar-refractivity contribution in [2.75, 3.05) is 34.9 Å². The molecule has 1 saturated heterocycles. The van der Waals surface area contributed by atoms with Crippen molar-refractivity contribution >= 4 is 29.4 Å². The lowest BCUT2D eigenvalue weighted by Gasteiger charge is -2.41. The van der Waals surface area contributed by atoms with Gasteiger partial charge in [0.15, 0.2) is 5.78 Å². The van der Waals surface area contributed by atoms with E-state index in [0.717, 1.165) is 24.8 Å². The second-order valence-electron chi connectivity index (χ2n) is 16.1. The van der Waals surface area contributed by atoms with Crippen LogP contribution in [-0.2, 0) is 44.6 Å². The standard InChI is InChI=1S/C41H65N3O8/c1-12-25(4)37(43(8)39(48)29(24(2)3)22-35(46)41(6,7)42)34(50-9)23-36(47)44-19-15-18-32(44)38(51-10)26(5)33(45)21-31(40(49)52-11)30-20-27-16-13-14-17-28(27)30/h13-14,16-17,24-26,29-32,34,37-38H,12,15,18-23,42H2,1-11H3/t25-,26-,29-,30?,31?,32-,34+,37-,38+/m0/s1. The van der Waals surface area contributed by atoms with Crippen LogP contribution < -0.4 is 5.73 Å². The van der Waals surface area contributed by atoms with Crippen LogP contribution in [-0.4, -0.2) is 104 Å². The highest BCUT2D eigenvalue weighted by atomic mass is 16.5. The van der Waals surface area contributed by atoms with Gasteiger partial charge in [0.1, 0.15) is 5.78 Å². The molecule has 52 heavy (non-hydrogen) atoms. The van der Waals surface area contributed by atoms with E-state index in [9.17, 15) is 24.0 Å². The van der Waals surface area contributed by atoms with Gasteiger partial charge in [0, 0.05) is 58.4 Å². The Bertz CT molecular complexity index is 1410. The fourth-order valence-electron chi connectivity index (χ4n) is 8.27. The topological polar surface area (TPSA) is 146 Å². The molecule has 0 radical (unpaired) electrons. The number of rotatable bonds is 20. The van der Waals surface area contributed by atoms with E-state index in [-0.39, 0.29) is 66.4 Å². The van der Waals surface area contributed by atoms with E-state index in [4.69, 9.17) is 19.9 Å². The van der Waals surface area contributed by atoms with E-state index in [1.54, 1.807) is 44.9 Å². The summed E-state index contributed by atoms with van der Waals surface area (Å²) in [5.41, 5.74) is 7.30. The molecule has 11 heteroatoms. The van der Waals surface area contributed by atoms with Crippen molar-refractivity contribution in [1.29, 1.82) is 0 Å². The number of amides is 2. The van der Waals surface area contributed by atoms with E-state index in [0.29, 0.717) is 13.0 Å². The number of benzene rings is 1. The molecule has 2 N–H and O–H groups in total. The van der Waals surface area contributed by atoms with Crippen LogP contribution in [0.1, 0.15) is 104 Å². The Morgan fingerprint density at radius 2 is 1.63 bits per heavy atom. The highest BCUT2D eigenvalue weighted by molar-refractivity contribution is 5.92. The molecule has 1 fully saturated rings. The molecule has 0 aromatic heterocycles. The molecule has 2 unspecified atom stereocenters. The van der Waals surface area contributed by atoms with E-state index >= 15 is 0 Å². The SMILES string of the molecule is CC[C@H](C)[C@@H]([C@@H](CC(=O)N1CCC[C@H]1[C@H](OC)[C@@H](C)C(=O)CC(C(=O)OC)C1Cc2ccccc21)OC)N(C)C(=O)[C@@H](CC(=O)C(C)(C)N)C(C)C. The van der Waals surface area contributed by atoms with E-state index in [2.05, 4.69) is 0 Å². The third-order valence-corrected chi connectivity index (χ3v) is 11.9. The van der Waals surface area contributed by atoms with Crippen LogP contribution in [0.4, 0.5) is 0 Å². The predicted molar refractivity (Wildman–Crippen MR) is 200 cm³/mol. The van der Waals surface area contributed by atoms with Crippen LogP contribution in [0.25, 0.3) is 0 Å². The molecule has 1 heterocycles. The third kappa shape index (κ3) is 9.88. The van der Waals surface area contributed by atoms with Gasteiger partial charge in [0.2, 0.25) is 11.8 Å². The first-order valence-corrected chi connectivity index (χ1v) is 19.0. The van der Waals surface area contributed by atoms with Crippen molar-refractivity contribution < 1.29 is 38.2 Å². The summed E-state index contributed by atoms with van der Waals surface area (Å²) in [5, 5.41) is 0. The Morgan fingerprint density at radius 1 is 0.981 bits per heavy atom. The highest BCUT2D eigenvalue weighted by Gasteiger charge is 2.45. The summed E-state index contributed by atoms with van der Waals surface area (Å²) in [4.78, 5) is 71.4. The number of ether oxygens (including phenoxy) is 3. The van der Waals surface area contributed by atoms with Crippen LogP contribution in [0.15, 0.2) is 24.3 Å². The van der Waals surface area contributed by atoms with E-state index in [1.807, 2.05) is 58.9 Å². The predicted octanol–water partition coefficient (Wildman–Crippen LogP) is 4.96. The Kier molecular flexibility index (Phi) is 15.6. The normalized spacial score (nSPS) is 21.2. The van der Waals surface area contributed by atoms with Crippen LogP contribution >= 0.6 is 0 Å². The molecule has 292 valence electrons. The number of carbonyl (C=O) groups excluding carboxylic acids is 5. The smallest absolute Gasteiger partial charge is 0.309 e. The zero-order chi connectivity index (χ0) is 39.1. The largest absolute Gasteiger partial charge is 0.469 e. The van der Waals surface area contributed by atoms with Gasteiger partial charge in [-0.25, -0.2) is 0 Å². The number of Topliss-reactive ketones (excluding diaryl/α,β-unsaturated/α-hetero) is 2. The Morgan fingerprint density at radius 3 is 2.17 bits per heavy atom. The summed E-state index contributed by atoms with van der Waals surface area (Å²) in [7, 11) is 6.21. The zero-order valence-electron chi connectivity index (χ0n) is 33.5. The maximum Gasteiger partial charge on any atom is 0.309 e. The molecular weight excluding hydrogens is 662 g/mol. The zero-order valence-corrected chi connectivity index (χ0v) is 33.5. The van der Waals surface area contributed by atoms with E-state index < -0.39 is 47.5 Å². The minimum Gasteiger partial charge on any atom is -0.469 e. The van der Waals surface area contributed by atoms with Gasteiger partial charge < -0.3 is 29.7 Å². The molecule has 3 rings (SSSR count). The van der Waals surface area contributed by atoms with Crippen LogP contribution in [0, 0.1) is 29.6 Å². The van der Waals surface area contributed by atoms with Gasteiger partial charge >= 0.3 is 5.97 Å². The molecular formula is C41H65N3O8. The number of likely N-dealkylation sites (N-methyl/N-ethyl adjacent to an activating group) is 1. The summed E-state index contributed by atoms with van der Waals surface area (Å²) >= 11 is 0. The summed E-state index contributed by atoms with van der Waals surface area (Å²) in [6.07, 6.45) is 1.81. The average molecular weight is 728 g/mol. The quantitative estimate of drug-likeness (QED) is 0.184. The molecule has 11 nitrogen and oxygen atoms in total. The number of esters is 1. The average Bonchev–Trinajstić information content (AvgIpc) is 3.58. The first-order valence-electron chi connectivity index (χ1n) is 19.0. The summed E-state index contributed by atoms with van der Waals surface area (Å²) in [6, 6.07) is 7.20. The summed E-state index contributed by atoms with van der Waals surface area (Å²) < 4.78 is 17.1. The Labute approximate surface area is 311 Å². The molecule has 0 bridgehead atoms. The number of likely N-dealkylation sites (tertiary alicyclic amines) is 1. The number of hydrogen-bond acceptors (Lipinski definition) is 9. The molecule has 1 aromatic carbocycles. The number of ketones is 2. The molecule has 9 atom stereocenters. The lowest BCUT2D eigenvalue weighted by Crippen LogP contribution is -2.54. The maximum absolute atomic E-state index is 14.2. The van der Waals surface area contributed by atoms with Gasteiger partial charge in [-0.05, 0) is 56.1 Å². The molecule has 0 saturated carbocycles. The number of fused-ring (bicyclic) bond motifs is 1. The fourth-order valence-corrected chi connectivity index (χ4v) is 8.27. The van der Waals surface area contributed by atoms with Crippen molar-refractivity contribution in [3.05, 3.63) is 35.4 Å². The van der Waals surface area contributed by atoms with Gasteiger partial charge in [-0.1, -0.05) is 65.3 Å². The number of nitrogens with two attached hydrogens (primary N) is 1. The van der Waals surface area contributed by atoms with Gasteiger partial charge in [-0.2, -0.15) is 0 Å². The Hall–Kier alpha value is -3.15. The first kappa shape index (κ1) is 43.3. The second-order valence-corrected chi connectivity index (χ2v) is 16.1. The van der Waals surface area contributed by atoms with Crippen LogP contribution in [0.2, 0.25) is 0 Å². The minimum absolute atomic E-state index is 0.00899. The van der Waals surface area contributed by atoms with Crippen LogP contribution in [0.3, 0.4) is 0 Å². The number of carbonyl (C=O) groups is 5. The van der Waals surface area contributed by atoms with Crippen molar-refractivity contribution in [2.45, 2.75) is 129 Å². The van der Waals surface area contributed by atoms with Gasteiger partial charge in [-0.3, -0.25) is 24.0 Å². The Balaban J connectivity index is 1.78. The molecule has 1 aromatic rings. The molecule has 2 aliphatic rings. The van der Waals surface area contributed by atoms with Crippen molar-refractivity contribution in [1.82, 2.24) is 9.80 Å². The molecule has 2 amide bonds. The third-order valence-electron chi connectivity index (χ3n) is 11.9. The summed E-state index contributed by atoms with van der Waals surface area (Å²) in [5.74, 6) is -2.91. The monoisotopic (exact) mass is 727 g/mol. The minimum atomic E-state index is -1.05. The van der Waals surface area contributed by atoms with Crippen LogP contribution in [0.5, 0.6) is 0 Å². The maximum atomic E-state index is 14.2. The molecule has 1 aliphatic heterocycles. The number of methoxy groups -OCH3 is 3. The first-order chi connectivity index (χ1) is 24.4. The molecule has 0 spiro atoms. The fraction of sp³-hybridized carbons (Fsp3) is 0.732. The van der Waals surface area contributed by atoms with Gasteiger partial charge in [0.05, 0.1) is 49.3 Å². The van der Waals surface area contributed by atoms with E-state index in [1.165, 1.54) is 12.7 Å². The highest BCUT2D eigenvalue weighted by Crippen LogP contribution is 2.43. The van der Waals surface area contributed by atoms with Crippen molar-refractivity contribution in [3.8, 4) is 0 Å². The number of hydrogen-bond donors (Lipinski definition) is 1. The van der Waals surface area contributed by atoms with Gasteiger partial charge in [-0.15, -0.1) is 0 Å². The molecule has 1 aliphatic carbocycles.